The molecular weight excluding hydrogens is 418 g/mol. The molecule has 0 saturated carbocycles. The van der Waals surface area contributed by atoms with E-state index in [9.17, 15) is 18.0 Å². The summed E-state index contributed by atoms with van der Waals surface area (Å²) in [5, 5.41) is 1.20. The highest BCUT2D eigenvalue weighted by Gasteiger charge is 2.46. The summed E-state index contributed by atoms with van der Waals surface area (Å²) >= 11 is 2.78. The summed E-state index contributed by atoms with van der Waals surface area (Å²) < 4.78 is 44.5. The minimum Gasteiger partial charge on any atom is -0.442 e. The first kappa shape index (κ1) is 16.2. The lowest BCUT2D eigenvalue weighted by atomic mass is 10.2. The second kappa shape index (κ2) is 6.30. The molecule has 0 fully saturated rings. The van der Waals surface area contributed by atoms with Crippen molar-refractivity contribution in [3.05, 3.63) is 49.5 Å². The average Bonchev–Trinajstić information content (AvgIpc) is 2.80. The largest absolute Gasteiger partial charge is 0.442 e. The number of nitrogens with zero attached hydrogens (tertiary/aromatic N) is 1. The van der Waals surface area contributed by atoms with Gasteiger partial charge in [0, 0.05) is 14.6 Å². The third-order valence-corrected chi connectivity index (χ3v) is 4.12. The van der Waals surface area contributed by atoms with Gasteiger partial charge in [0.1, 0.15) is 5.01 Å². The summed E-state index contributed by atoms with van der Waals surface area (Å²) in [4.78, 5) is 15.6. The Balaban J connectivity index is 2.26. The van der Waals surface area contributed by atoms with Crippen LogP contribution >= 0.6 is 33.9 Å². The van der Waals surface area contributed by atoms with Gasteiger partial charge < -0.3 is 4.74 Å². The van der Waals surface area contributed by atoms with E-state index >= 15 is 0 Å². The zero-order valence-corrected chi connectivity index (χ0v) is 13.6. The summed E-state index contributed by atoms with van der Waals surface area (Å²) in [6, 6.07) is 6.17. The second-order valence-corrected chi connectivity index (χ2v) is 6.30. The number of benzene rings is 1. The number of ether oxygens (including phenoxy) is 1. The van der Waals surface area contributed by atoms with Crippen LogP contribution in [0.5, 0.6) is 0 Å². The predicted molar refractivity (Wildman–Crippen MR) is 80.2 cm³/mol. The van der Waals surface area contributed by atoms with Crippen molar-refractivity contribution in [2.45, 2.75) is 19.2 Å². The van der Waals surface area contributed by atoms with Gasteiger partial charge in [-0.05, 0) is 47.7 Å². The van der Waals surface area contributed by atoms with Crippen LogP contribution in [0, 0.1) is 10.5 Å². The van der Waals surface area contributed by atoms with Crippen LogP contribution in [-0.2, 0) is 4.74 Å². The molecule has 0 amide bonds. The molecule has 0 aliphatic rings. The van der Waals surface area contributed by atoms with Crippen LogP contribution < -0.4 is 0 Å². The summed E-state index contributed by atoms with van der Waals surface area (Å²) in [5.41, 5.74) is 0.527. The number of thiazole rings is 1. The summed E-state index contributed by atoms with van der Waals surface area (Å²) in [6.45, 7) is 1.58. The van der Waals surface area contributed by atoms with Gasteiger partial charge in [0.05, 0.1) is 5.56 Å². The molecule has 0 aliphatic heterocycles. The smallest absolute Gasteiger partial charge is 0.432 e. The number of carbonyl (C=O) groups is 1. The highest BCUT2D eigenvalue weighted by molar-refractivity contribution is 14.1. The van der Waals surface area contributed by atoms with E-state index in [2.05, 4.69) is 9.72 Å². The standard InChI is InChI=1S/C13H9F3INO2S/c1-7-6-21-11(18-7)10(13(14,15)16)20-12(19)8-3-2-4-9(17)5-8/h2-6,10H,1H3. The number of alkyl halides is 3. The Morgan fingerprint density at radius 3 is 2.67 bits per heavy atom. The van der Waals surface area contributed by atoms with Crippen LogP contribution in [-0.4, -0.2) is 17.1 Å². The third kappa shape index (κ3) is 4.16. The van der Waals surface area contributed by atoms with Crippen LogP contribution in [0.25, 0.3) is 0 Å². The van der Waals surface area contributed by atoms with E-state index in [1.807, 2.05) is 22.6 Å². The van der Waals surface area contributed by atoms with Gasteiger partial charge in [-0.15, -0.1) is 11.3 Å². The van der Waals surface area contributed by atoms with Gasteiger partial charge in [0.2, 0.25) is 6.10 Å². The molecule has 2 aromatic rings. The molecule has 0 saturated heterocycles. The van der Waals surface area contributed by atoms with E-state index in [0.29, 0.717) is 5.69 Å². The summed E-state index contributed by atoms with van der Waals surface area (Å²) in [6.07, 6.45) is -7.05. The Labute approximate surface area is 136 Å². The number of aromatic nitrogens is 1. The first-order chi connectivity index (χ1) is 9.77. The van der Waals surface area contributed by atoms with E-state index in [0.717, 1.165) is 14.9 Å². The molecule has 1 heterocycles. The zero-order chi connectivity index (χ0) is 15.6. The Morgan fingerprint density at radius 1 is 1.43 bits per heavy atom. The molecule has 21 heavy (non-hydrogen) atoms. The fourth-order valence-electron chi connectivity index (χ4n) is 1.54. The molecule has 0 N–H and O–H groups in total. The lowest BCUT2D eigenvalue weighted by molar-refractivity contribution is -0.207. The monoisotopic (exact) mass is 427 g/mol. The molecule has 0 aliphatic carbocycles. The lowest BCUT2D eigenvalue weighted by Gasteiger charge is -2.18. The van der Waals surface area contributed by atoms with E-state index in [1.54, 1.807) is 19.1 Å². The van der Waals surface area contributed by atoms with Crippen LogP contribution in [0.4, 0.5) is 13.2 Å². The van der Waals surface area contributed by atoms with Gasteiger partial charge in [-0.1, -0.05) is 6.07 Å². The van der Waals surface area contributed by atoms with E-state index in [-0.39, 0.29) is 10.6 Å². The number of aryl methyl sites for hydroxylation is 1. The number of rotatable bonds is 3. The number of esters is 1. The van der Waals surface area contributed by atoms with Crippen LogP contribution in [0.1, 0.15) is 27.2 Å². The van der Waals surface area contributed by atoms with Crippen molar-refractivity contribution in [3.63, 3.8) is 0 Å². The Morgan fingerprint density at radius 2 is 2.14 bits per heavy atom. The molecule has 1 aromatic carbocycles. The average molecular weight is 427 g/mol. The van der Waals surface area contributed by atoms with Crippen molar-refractivity contribution >= 4 is 39.9 Å². The predicted octanol–water partition coefficient (Wildman–Crippen LogP) is 4.52. The first-order valence-electron chi connectivity index (χ1n) is 5.72. The Hall–Kier alpha value is -1.16. The van der Waals surface area contributed by atoms with Crippen molar-refractivity contribution in [1.29, 1.82) is 0 Å². The maximum Gasteiger partial charge on any atom is 0.432 e. The fourth-order valence-corrected chi connectivity index (χ4v) is 2.93. The number of hydrogen-bond donors (Lipinski definition) is 0. The van der Waals surface area contributed by atoms with Crippen LogP contribution in [0.15, 0.2) is 29.6 Å². The zero-order valence-electron chi connectivity index (χ0n) is 10.6. The molecule has 1 unspecified atom stereocenters. The Kier molecular flexibility index (Phi) is 4.87. The molecule has 0 bridgehead atoms. The number of halogens is 4. The van der Waals surface area contributed by atoms with E-state index < -0.39 is 18.2 Å². The van der Waals surface area contributed by atoms with Gasteiger partial charge in [0.15, 0.2) is 0 Å². The van der Waals surface area contributed by atoms with Gasteiger partial charge in [-0.3, -0.25) is 0 Å². The topological polar surface area (TPSA) is 39.2 Å². The van der Waals surface area contributed by atoms with Gasteiger partial charge >= 0.3 is 12.1 Å². The van der Waals surface area contributed by atoms with Crippen molar-refractivity contribution in [2.75, 3.05) is 0 Å². The summed E-state index contributed by atoms with van der Waals surface area (Å²) in [7, 11) is 0. The number of carbonyl (C=O) groups excluding carboxylic acids is 1. The number of hydrogen-bond acceptors (Lipinski definition) is 4. The summed E-state index contributed by atoms with van der Waals surface area (Å²) in [5.74, 6) is -1.02. The van der Waals surface area contributed by atoms with Crippen LogP contribution in [0.2, 0.25) is 0 Å². The molecule has 1 atom stereocenters. The minimum absolute atomic E-state index is 0.0735. The molecule has 8 heteroatoms. The minimum atomic E-state index is -4.71. The van der Waals surface area contributed by atoms with E-state index in [4.69, 9.17) is 0 Å². The van der Waals surface area contributed by atoms with Crippen molar-refractivity contribution < 1.29 is 22.7 Å². The van der Waals surface area contributed by atoms with E-state index in [1.165, 1.54) is 17.5 Å². The van der Waals surface area contributed by atoms with Crippen molar-refractivity contribution in [3.8, 4) is 0 Å². The quantitative estimate of drug-likeness (QED) is 0.535. The highest BCUT2D eigenvalue weighted by Crippen LogP contribution is 2.37. The first-order valence-corrected chi connectivity index (χ1v) is 7.68. The molecule has 2 rings (SSSR count). The third-order valence-electron chi connectivity index (χ3n) is 2.44. The molecule has 1 aromatic heterocycles. The molecule has 3 nitrogen and oxygen atoms in total. The van der Waals surface area contributed by atoms with Crippen molar-refractivity contribution in [2.24, 2.45) is 0 Å². The molecule has 0 spiro atoms. The molecule has 0 radical (unpaired) electrons. The molecule has 112 valence electrons. The fraction of sp³-hybridized carbons (Fsp3) is 0.231. The maximum atomic E-state index is 13.1. The lowest BCUT2D eigenvalue weighted by Crippen LogP contribution is -2.26. The molecular formula is C13H9F3INO2S. The normalized spacial score (nSPS) is 13.0. The maximum absolute atomic E-state index is 13.1. The van der Waals surface area contributed by atoms with Crippen molar-refractivity contribution in [1.82, 2.24) is 4.98 Å². The van der Waals surface area contributed by atoms with Crippen LogP contribution in [0.3, 0.4) is 0 Å². The second-order valence-electron chi connectivity index (χ2n) is 4.16. The highest BCUT2D eigenvalue weighted by atomic mass is 127. The Bertz CT molecular complexity index is 657. The van der Waals surface area contributed by atoms with Gasteiger partial charge in [-0.2, -0.15) is 13.2 Å². The van der Waals surface area contributed by atoms with Gasteiger partial charge in [-0.25, -0.2) is 9.78 Å². The van der Waals surface area contributed by atoms with Gasteiger partial charge in [0.25, 0.3) is 0 Å². The SMILES string of the molecule is Cc1csc(C(OC(=O)c2cccc(I)c2)C(F)(F)F)n1.